The summed E-state index contributed by atoms with van der Waals surface area (Å²) < 4.78 is 2.35. The van der Waals surface area contributed by atoms with Gasteiger partial charge >= 0.3 is 5.97 Å². The van der Waals surface area contributed by atoms with Crippen LogP contribution in [-0.4, -0.2) is 11.1 Å². The summed E-state index contributed by atoms with van der Waals surface area (Å²) in [5.74, 6) is -0.778. The smallest absolute Gasteiger partial charge is 0.307 e. The molecule has 3 heteroatoms. The van der Waals surface area contributed by atoms with E-state index >= 15 is 0 Å². The molecule has 0 unspecified atom stereocenters. The Morgan fingerprint density at radius 3 is 2.58 bits per heavy atom. The molecular formula is C16H14O2S. The van der Waals surface area contributed by atoms with Crippen molar-refractivity contribution in [2.45, 2.75) is 20.3 Å². The summed E-state index contributed by atoms with van der Waals surface area (Å²) in [6, 6.07) is 10.2. The van der Waals surface area contributed by atoms with Crippen LogP contribution in [0.5, 0.6) is 0 Å². The van der Waals surface area contributed by atoms with Crippen LogP contribution in [0.4, 0.5) is 0 Å². The molecule has 0 fully saturated rings. The van der Waals surface area contributed by atoms with Crippen molar-refractivity contribution in [1.29, 1.82) is 0 Å². The number of benzene rings is 2. The van der Waals surface area contributed by atoms with Crippen molar-refractivity contribution < 1.29 is 9.90 Å². The Morgan fingerprint density at radius 1 is 1.11 bits per heavy atom. The van der Waals surface area contributed by atoms with E-state index in [1.54, 1.807) is 11.3 Å². The van der Waals surface area contributed by atoms with Crippen molar-refractivity contribution >= 4 is 37.5 Å². The molecule has 2 nitrogen and oxygen atoms in total. The fourth-order valence-corrected chi connectivity index (χ4v) is 3.98. The van der Waals surface area contributed by atoms with Crippen molar-refractivity contribution in [3.8, 4) is 0 Å². The molecule has 1 N–H and O–H groups in total. The van der Waals surface area contributed by atoms with E-state index in [9.17, 15) is 4.79 Å². The van der Waals surface area contributed by atoms with Gasteiger partial charge in [-0.15, -0.1) is 11.3 Å². The molecule has 3 rings (SSSR count). The van der Waals surface area contributed by atoms with Crippen molar-refractivity contribution in [3.05, 3.63) is 47.0 Å². The third-order valence-corrected chi connectivity index (χ3v) is 4.72. The third-order valence-electron chi connectivity index (χ3n) is 3.49. The van der Waals surface area contributed by atoms with Crippen LogP contribution in [0.25, 0.3) is 20.2 Å². The number of carboxylic acids is 1. The lowest BCUT2D eigenvalue weighted by atomic mass is 10.0. The number of hydrogen-bond acceptors (Lipinski definition) is 2. The van der Waals surface area contributed by atoms with Gasteiger partial charge < -0.3 is 5.11 Å². The number of rotatable bonds is 2. The maximum atomic E-state index is 11.0. The van der Waals surface area contributed by atoms with Crippen LogP contribution in [0.1, 0.15) is 16.7 Å². The highest BCUT2D eigenvalue weighted by molar-refractivity contribution is 7.26. The van der Waals surface area contributed by atoms with E-state index < -0.39 is 5.97 Å². The van der Waals surface area contributed by atoms with Gasteiger partial charge in [0.1, 0.15) is 0 Å². The quantitative estimate of drug-likeness (QED) is 0.754. The van der Waals surface area contributed by atoms with Gasteiger partial charge in [-0.1, -0.05) is 24.3 Å². The lowest BCUT2D eigenvalue weighted by Gasteiger charge is -2.04. The Labute approximate surface area is 115 Å². The highest BCUT2D eigenvalue weighted by Crippen LogP contribution is 2.39. The molecule has 0 aliphatic heterocycles. The number of thiophene rings is 1. The standard InChI is InChI=1S/C16H14O2S/c1-9-4-3-5-12-14(9)15-10(2)6-7-11(8-13(17)18)16(15)19-12/h3-7H,8H2,1-2H3,(H,17,18). The van der Waals surface area contributed by atoms with E-state index in [1.165, 1.54) is 26.6 Å². The normalized spacial score (nSPS) is 11.3. The summed E-state index contributed by atoms with van der Waals surface area (Å²) >= 11 is 1.70. The van der Waals surface area contributed by atoms with Crippen LogP contribution in [-0.2, 0) is 11.2 Å². The maximum absolute atomic E-state index is 11.0. The average Bonchev–Trinajstić information content (AvgIpc) is 2.74. The van der Waals surface area contributed by atoms with Gasteiger partial charge in [0.25, 0.3) is 0 Å². The van der Waals surface area contributed by atoms with Gasteiger partial charge in [-0.25, -0.2) is 0 Å². The van der Waals surface area contributed by atoms with Crippen LogP contribution in [0.15, 0.2) is 30.3 Å². The lowest BCUT2D eigenvalue weighted by molar-refractivity contribution is -0.136. The van der Waals surface area contributed by atoms with Gasteiger partial charge in [0.2, 0.25) is 0 Å². The Morgan fingerprint density at radius 2 is 1.84 bits per heavy atom. The van der Waals surface area contributed by atoms with Crippen molar-refractivity contribution in [2.24, 2.45) is 0 Å². The molecule has 1 heterocycles. The fraction of sp³-hybridized carbons (Fsp3) is 0.188. The Bertz CT molecular complexity index is 799. The van der Waals surface area contributed by atoms with Gasteiger partial charge in [0.05, 0.1) is 6.42 Å². The zero-order chi connectivity index (χ0) is 13.6. The predicted octanol–water partition coefficient (Wildman–Crippen LogP) is 4.30. The number of aryl methyl sites for hydroxylation is 2. The average molecular weight is 270 g/mol. The third kappa shape index (κ3) is 1.90. The first-order chi connectivity index (χ1) is 9.08. The summed E-state index contributed by atoms with van der Waals surface area (Å²) in [7, 11) is 0. The second-order valence-electron chi connectivity index (χ2n) is 4.87. The second kappa shape index (κ2) is 4.35. The first-order valence-corrected chi connectivity index (χ1v) is 7.01. The molecule has 0 aliphatic rings. The molecule has 19 heavy (non-hydrogen) atoms. The SMILES string of the molecule is Cc1cccc2sc3c(CC(=O)O)ccc(C)c3c12. The van der Waals surface area contributed by atoms with Crippen molar-refractivity contribution in [1.82, 2.24) is 0 Å². The van der Waals surface area contributed by atoms with Crippen LogP contribution in [0.2, 0.25) is 0 Å². The molecule has 3 aromatic rings. The highest BCUT2D eigenvalue weighted by Gasteiger charge is 2.14. The van der Waals surface area contributed by atoms with Gasteiger partial charge in [0.15, 0.2) is 0 Å². The van der Waals surface area contributed by atoms with E-state index in [2.05, 4.69) is 32.0 Å². The van der Waals surface area contributed by atoms with Crippen LogP contribution >= 0.6 is 11.3 Å². The van der Waals surface area contributed by atoms with Crippen LogP contribution < -0.4 is 0 Å². The molecule has 0 spiro atoms. The minimum atomic E-state index is -0.778. The summed E-state index contributed by atoms with van der Waals surface area (Å²) in [4.78, 5) is 11.0. The van der Waals surface area contributed by atoms with E-state index in [0.29, 0.717) is 0 Å². The molecule has 1 aromatic heterocycles. The van der Waals surface area contributed by atoms with Crippen LogP contribution in [0, 0.1) is 13.8 Å². The monoisotopic (exact) mass is 270 g/mol. The molecule has 0 aliphatic carbocycles. The second-order valence-corrected chi connectivity index (χ2v) is 5.92. The fourth-order valence-electron chi connectivity index (χ4n) is 2.61. The number of aliphatic carboxylic acids is 1. The number of carbonyl (C=O) groups is 1. The first kappa shape index (κ1) is 12.2. The molecular weight excluding hydrogens is 256 g/mol. The highest BCUT2D eigenvalue weighted by atomic mass is 32.1. The molecule has 96 valence electrons. The van der Waals surface area contributed by atoms with E-state index in [4.69, 9.17) is 5.11 Å². The molecule has 2 aromatic carbocycles. The van der Waals surface area contributed by atoms with Crippen LogP contribution in [0.3, 0.4) is 0 Å². The Hall–Kier alpha value is -1.87. The van der Waals surface area contributed by atoms with Crippen molar-refractivity contribution in [2.75, 3.05) is 0 Å². The molecule has 0 amide bonds. The molecule has 0 atom stereocenters. The minimum absolute atomic E-state index is 0.0860. The minimum Gasteiger partial charge on any atom is -0.481 e. The summed E-state index contributed by atoms with van der Waals surface area (Å²) in [5.41, 5.74) is 3.37. The summed E-state index contributed by atoms with van der Waals surface area (Å²) in [6.07, 6.45) is 0.0860. The lowest BCUT2D eigenvalue weighted by Crippen LogP contribution is -2.00. The van der Waals surface area contributed by atoms with E-state index in [-0.39, 0.29) is 6.42 Å². The Balaban J connectivity index is 2.45. The zero-order valence-corrected chi connectivity index (χ0v) is 11.7. The predicted molar refractivity (Wildman–Crippen MR) is 80.1 cm³/mol. The molecule has 0 bridgehead atoms. The molecule has 0 saturated carbocycles. The summed E-state index contributed by atoms with van der Waals surface area (Å²) in [6.45, 7) is 4.20. The number of hydrogen-bond donors (Lipinski definition) is 1. The van der Waals surface area contributed by atoms with Gasteiger partial charge in [-0.05, 0) is 36.6 Å². The van der Waals surface area contributed by atoms with E-state index in [0.717, 1.165) is 10.3 Å². The number of fused-ring (bicyclic) bond motifs is 3. The van der Waals surface area contributed by atoms with Crippen molar-refractivity contribution in [3.63, 3.8) is 0 Å². The summed E-state index contributed by atoms with van der Waals surface area (Å²) in [5, 5.41) is 11.5. The van der Waals surface area contributed by atoms with Gasteiger partial charge in [-0.3, -0.25) is 4.79 Å². The van der Waals surface area contributed by atoms with E-state index in [1.807, 2.05) is 12.1 Å². The topological polar surface area (TPSA) is 37.3 Å². The largest absolute Gasteiger partial charge is 0.481 e. The van der Waals surface area contributed by atoms with Gasteiger partial charge in [-0.2, -0.15) is 0 Å². The first-order valence-electron chi connectivity index (χ1n) is 6.20. The molecule has 0 radical (unpaired) electrons. The number of carboxylic acid groups (broad SMARTS) is 1. The maximum Gasteiger partial charge on any atom is 0.307 e. The van der Waals surface area contributed by atoms with Gasteiger partial charge in [0, 0.05) is 20.2 Å². The zero-order valence-electron chi connectivity index (χ0n) is 10.9. The molecule has 0 saturated heterocycles. The Kier molecular flexibility index (Phi) is 2.79.